The fraction of sp³-hybridized carbons (Fsp3) is 0.190. The van der Waals surface area contributed by atoms with Crippen molar-refractivity contribution in [2.24, 2.45) is 0 Å². The van der Waals surface area contributed by atoms with Crippen molar-refractivity contribution in [3.63, 3.8) is 0 Å². The number of halogens is 3. The minimum atomic E-state index is -4.53. The fourth-order valence-corrected chi connectivity index (χ4v) is 2.75. The predicted molar refractivity (Wildman–Crippen MR) is 99.9 cm³/mol. The molecule has 2 aromatic carbocycles. The first kappa shape index (κ1) is 20.3. The molecule has 1 heterocycles. The van der Waals surface area contributed by atoms with Crippen LogP contribution in [0.2, 0.25) is 0 Å². The van der Waals surface area contributed by atoms with E-state index in [0.29, 0.717) is 0 Å². The molecule has 0 saturated carbocycles. The molecule has 5 nitrogen and oxygen atoms in total. The Hall–Kier alpha value is -3.42. The Labute approximate surface area is 164 Å². The van der Waals surface area contributed by atoms with E-state index in [-0.39, 0.29) is 18.0 Å². The number of hydrogen-bond acceptors (Lipinski definition) is 4. The van der Waals surface area contributed by atoms with Crippen molar-refractivity contribution < 1.29 is 22.7 Å². The van der Waals surface area contributed by atoms with E-state index in [1.807, 2.05) is 19.1 Å². The van der Waals surface area contributed by atoms with Crippen LogP contribution in [0.5, 0.6) is 0 Å². The zero-order chi connectivity index (χ0) is 21.2. The Morgan fingerprint density at radius 1 is 1.07 bits per heavy atom. The highest BCUT2D eigenvalue weighted by Gasteiger charge is 2.30. The number of ether oxygens (including phenoxy) is 1. The molecule has 150 valence electrons. The van der Waals surface area contributed by atoms with Gasteiger partial charge in [-0.3, -0.25) is 4.79 Å². The minimum Gasteiger partial charge on any atom is -0.456 e. The van der Waals surface area contributed by atoms with E-state index in [1.54, 1.807) is 12.1 Å². The molecule has 0 aliphatic heterocycles. The molecule has 0 fully saturated rings. The lowest BCUT2D eigenvalue weighted by atomic mass is 10.1. The van der Waals surface area contributed by atoms with Gasteiger partial charge in [0.1, 0.15) is 6.61 Å². The summed E-state index contributed by atoms with van der Waals surface area (Å²) in [6.07, 6.45) is -4.53. The normalized spacial score (nSPS) is 11.3. The zero-order valence-electron chi connectivity index (χ0n) is 15.7. The second-order valence-corrected chi connectivity index (χ2v) is 6.46. The Bertz CT molecular complexity index is 1120. The third-order valence-electron chi connectivity index (χ3n) is 4.34. The molecule has 1 aromatic heterocycles. The van der Waals surface area contributed by atoms with Crippen molar-refractivity contribution in [3.8, 4) is 5.69 Å². The molecular formula is C21H17F3N2O3. The quantitative estimate of drug-likeness (QED) is 0.613. The number of aryl methyl sites for hydroxylation is 2. The Morgan fingerprint density at radius 2 is 1.79 bits per heavy atom. The number of alkyl halides is 3. The van der Waals surface area contributed by atoms with Crippen molar-refractivity contribution in [2.75, 3.05) is 0 Å². The van der Waals surface area contributed by atoms with Crippen molar-refractivity contribution >= 4 is 5.97 Å². The standard InChI is InChI=1S/C21H17F3N2O3/c1-13-6-3-4-7-15(13)12-29-20(28)19-18(27)10-14(2)26(25-19)17-9-5-8-16(11-17)21(22,23)24/h3-11H,12H2,1-2H3. The molecule has 3 aromatic rings. The predicted octanol–water partition coefficient (Wildman–Crippen LogP) is 4.23. The summed E-state index contributed by atoms with van der Waals surface area (Å²) in [7, 11) is 0. The van der Waals surface area contributed by atoms with Crippen LogP contribution in [0, 0.1) is 13.8 Å². The van der Waals surface area contributed by atoms with Gasteiger partial charge < -0.3 is 4.74 Å². The third kappa shape index (κ3) is 4.53. The number of carbonyl (C=O) groups excluding carboxylic acids is 1. The Morgan fingerprint density at radius 3 is 2.48 bits per heavy atom. The molecule has 3 rings (SSSR count). The highest BCUT2D eigenvalue weighted by molar-refractivity contribution is 5.87. The first-order valence-corrected chi connectivity index (χ1v) is 8.67. The van der Waals surface area contributed by atoms with Crippen molar-refractivity contribution in [1.29, 1.82) is 0 Å². The molecule has 0 spiro atoms. The van der Waals surface area contributed by atoms with Crippen LogP contribution in [-0.4, -0.2) is 15.7 Å². The first-order valence-electron chi connectivity index (χ1n) is 8.67. The van der Waals surface area contributed by atoms with Crippen LogP contribution in [0.4, 0.5) is 13.2 Å². The van der Waals surface area contributed by atoms with Crippen molar-refractivity contribution in [1.82, 2.24) is 9.78 Å². The van der Waals surface area contributed by atoms with Gasteiger partial charge in [-0.05, 0) is 43.2 Å². The van der Waals surface area contributed by atoms with E-state index in [1.165, 1.54) is 19.1 Å². The van der Waals surface area contributed by atoms with Gasteiger partial charge in [-0.25, -0.2) is 9.48 Å². The number of aromatic nitrogens is 2. The summed E-state index contributed by atoms with van der Waals surface area (Å²) in [4.78, 5) is 24.6. The van der Waals surface area contributed by atoms with E-state index in [4.69, 9.17) is 4.74 Å². The summed E-state index contributed by atoms with van der Waals surface area (Å²) in [6.45, 7) is 3.31. The van der Waals surface area contributed by atoms with Gasteiger partial charge in [0.2, 0.25) is 11.1 Å². The van der Waals surface area contributed by atoms with Gasteiger partial charge in [0.15, 0.2) is 0 Å². The second-order valence-electron chi connectivity index (χ2n) is 6.46. The molecule has 0 radical (unpaired) electrons. The second kappa shape index (κ2) is 7.90. The molecule has 0 saturated heterocycles. The number of nitrogens with zero attached hydrogens (tertiary/aromatic N) is 2. The summed E-state index contributed by atoms with van der Waals surface area (Å²) in [5, 5.41) is 3.96. The van der Waals surface area contributed by atoms with E-state index in [2.05, 4.69) is 5.10 Å². The lowest BCUT2D eigenvalue weighted by molar-refractivity contribution is -0.137. The van der Waals surface area contributed by atoms with Gasteiger partial charge in [0, 0.05) is 11.8 Å². The maximum absolute atomic E-state index is 13.0. The molecule has 0 bridgehead atoms. The van der Waals surface area contributed by atoms with Gasteiger partial charge in [-0.15, -0.1) is 0 Å². The van der Waals surface area contributed by atoms with Gasteiger partial charge in [-0.2, -0.15) is 18.3 Å². The number of rotatable bonds is 4. The average molecular weight is 402 g/mol. The van der Waals surface area contributed by atoms with E-state index in [0.717, 1.165) is 34.0 Å². The van der Waals surface area contributed by atoms with Crippen LogP contribution < -0.4 is 5.43 Å². The number of carbonyl (C=O) groups is 1. The molecule has 29 heavy (non-hydrogen) atoms. The van der Waals surface area contributed by atoms with Crippen LogP contribution in [0.1, 0.15) is 32.9 Å². The van der Waals surface area contributed by atoms with Gasteiger partial charge >= 0.3 is 12.1 Å². The minimum absolute atomic E-state index is 0.0515. The molecule has 8 heteroatoms. The summed E-state index contributed by atoms with van der Waals surface area (Å²) < 4.78 is 45.3. The van der Waals surface area contributed by atoms with E-state index >= 15 is 0 Å². The van der Waals surface area contributed by atoms with Gasteiger partial charge in [0.05, 0.1) is 11.3 Å². The molecule has 0 atom stereocenters. The largest absolute Gasteiger partial charge is 0.456 e. The van der Waals surface area contributed by atoms with E-state index < -0.39 is 28.8 Å². The molecule has 0 N–H and O–H groups in total. The average Bonchev–Trinajstić information content (AvgIpc) is 2.66. The molecule has 0 unspecified atom stereocenters. The third-order valence-corrected chi connectivity index (χ3v) is 4.34. The number of hydrogen-bond donors (Lipinski definition) is 0. The molecule has 0 amide bonds. The maximum Gasteiger partial charge on any atom is 0.416 e. The zero-order valence-corrected chi connectivity index (χ0v) is 15.7. The van der Waals surface area contributed by atoms with Crippen LogP contribution >= 0.6 is 0 Å². The monoisotopic (exact) mass is 402 g/mol. The smallest absolute Gasteiger partial charge is 0.416 e. The number of benzene rings is 2. The lowest BCUT2D eigenvalue weighted by Gasteiger charge is -2.13. The van der Waals surface area contributed by atoms with Gasteiger partial charge in [-0.1, -0.05) is 30.3 Å². The van der Waals surface area contributed by atoms with Gasteiger partial charge in [0.25, 0.3) is 0 Å². The summed E-state index contributed by atoms with van der Waals surface area (Å²) in [6, 6.07) is 12.9. The topological polar surface area (TPSA) is 61.2 Å². The Balaban J connectivity index is 1.93. The maximum atomic E-state index is 13.0. The Kier molecular flexibility index (Phi) is 5.54. The summed E-state index contributed by atoms with van der Waals surface area (Å²) in [5.41, 5.74) is 0.0143. The van der Waals surface area contributed by atoms with Crippen LogP contribution in [-0.2, 0) is 17.5 Å². The van der Waals surface area contributed by atoms with Crippen LogP contribution in [0.15, 0.2) is 59.4 Å². The summed E-state index contributed by atoms with van der Waals surface area (Å²) in [5.74, 6) is -0.945. The highest BCUT2D eigenvalue weighted by atomic mass is 19.4. The van der Waals surface area contributed by atoms with Crippen LogP contribution in [0.3, 0.4) is 0 Å². The van der Waals surface area contributed by atoms with Crippen LogP contribution in [0.25, 0.3) is 5.69 Å². The number of esters is 1. The van der Waals surface area contributed by atoms with Crippen molar-refractivity contribution in [3.05, 3.63) is 92.9 Å². The summed E-state index contributed by atoms with van der Waals surface area (Å²) >= 11 is 0. The lowest BCUT2D eigenvalue weighted by Crippen LogP contribution is -2.24. The molecule has 0 aliphatic carbocycles. The SMILES string of the molecule is Cc1ccccc1COC(=O)c1nn(-c2cccc(C(F)(F)F)c2)c(C)cc1=O. The van der Waals surface area contributed by atoms with E-state index in [9.17, 15) is 22.8 Å². The first-order chi connectivity index (χ1) is 13.7. The molecule has 0 aliphatic rings. The van der Waals surface area contributed by atoms with Crippen molar-refractivity contribution in [2.45, 2.75) is 26.6 Å². The fourth-order valence-electron chi connectivity index (χ4n) is 2.75. The highest BCUT2D eigenvalue weighted by Crippen LogP contribution is 2.30. The molecular weight excluding hydrogens is 385 g/mol.